The van der Waals surface area contributed by atoms with Gasteiger partial charge in [0.25, 0.3) is 0 Å². The van der Waals surface area contributed by atoms with E-state index in [2.05, 4.69) is 31.3 Å². The summed E-state index contributed by atoms with van der Waals surface area (Å²) in [6.45, 7) is 5.56. The number of benzene rings is 2. The predicted molar refractivity (Wildman–Crippen MR) is 83.8 cm³/mol. The number of para-hydroxylation sites is 1. The van der Waals surface area contributed by atoms with Gasteiger partial charge in [0.1, 0.15) is 12.4 Å². The van der Waals surface area contributed by atoms with E-state index in [1.165, 1.54) is 5.56 Å². The number of anilines is 1. The summed E-state index contributed by atoms with van der Waals surface area (Å²) in [4.78, 5) is 0. The molecule has 0 aromatic heterocycles. The van der Waals surface area contributed by atoms with Crippen molar-refractivity contribution in [3.63, 3.8) is 0 Å². The van der Waals surface area contributed by atoms with Gasteiger partial charge in [-0.1, -0.05) is 35.9 Å². The van der Waals surface area contributed by atoms with Crippen LogP contribution in [0, 0.1) is 6.92 Å². The van der Waals surface area contributed by atoms with Crippen LogP contribution in [0.3, 0.4) is 0 Å². The van der Waals surface area contributed by atoms with E-state index in [-0.39, 0.29) is 6.04 Å². The second kappa shape index (κ2) is 6.96. The third-order valence-corrected chi connectivity index (χ3v) is 3.22. The van der Waals surface area contributed by atoms with Gasteiger partial charge in [-0.15, -0.1) is 0 Å². The predicted octanol–water partition coefficient (Wildman–Crippen LogP) is 3.13. The molecule has 0 bridgehead atoms. The molecule has 3 heteroatoms. The lowest BCUT2D eigenvalue weighted by molar-refractivity contribution is 0.272. The zero-order chi connectivity index (χ0) is 14.4. The van der Waals surface area contributed by atoms with Crippen LogP contribution in [0.2, 0.25) is 0 Å². The van der Waals surface area contributed by atoms with Crippen molar-refractivity contribution in [3.05, 3.63) is 59.7 Å². The minimum Gasteiger partial charge on any atom is -0.492 e. The van der Waals surface area contributed by atoms with E-state index in [1.807, 2.05) is 36.4 Å². The first-order valence-corrected chi connectivity index (χ1v) is 6.91. The summed E-state index contributed by atoms with van der Waals surface area (Å²) in [5, 5.41) is 3.42. The van der Waals surface area contributed by atoms with Crippen molar-refractivity contribution in [2.75, 3.05) is 12.3 Å². The molecule has 0 fully saturated rings. The fourth-order valence-electron chi connectivity index (χ4n) is 1.89. The number of nitrogens with two attached hydrogens (primary N) is 1. The van der Waals surface area contributed by atoms with E-state index in [4.69, 9.17) is 10.5 Å². The van der Waals surface area contributed by atoms with E-state index >= 15 is 0 Å². The highest BCUT2D eigenvalue weighted by molar-refractivity contribution is 5.46. The van der Waals surface area contributed by atoms with E-state index in [0.29, 0.717) is 6.61 Å². The summed E-state index contributed by atoms with van der Waals surface area (Å²) in [5.74, 6) is 0.906. The molecule has 0 aliphatic rings. The molecule has 0 aliphatic heterocycles. The van der Waals surface area contributed by atoms with Crippen molar-refractivity contribution in [3.8, 4) is 5.75 Å². The van der Waals surface area contributed by atoms with Gasteiger partial charge in [-0.25, -0.2) is 0 Å². The molecule has 0 radical (unpaired) electrons. The molecule has 0 spiro atoms. The van der Waals surface area contributed by atoms with Gasteiger partial charge in [0.05, 0.1) is 0 Å². The van der Waals surface area contributed by atoms with Gasteiger partial charge in [-0.05, 0) is 37.6 Å². The molecule has 0 amide bonds. The van der Waals surface area contributed by atoms with Gasteiger partial charge in [0.2, 0.25) is 0 Å². The summed E-state index contributed by atoms with van der Waals surface area (Å²) in [6.07, 6.45) is 0. The Morgan fingerprint density at radius 3 is 2.50 bits per heavy atom. The van der Waals surface area contributed by atoms with Gasteiger partial charge >= 0.3 is 0 Å². The molecule has 0 aliphatic carbocycles. The van der Waals surface area contributed by atoms with Gasteiger partial charge < -0.3 is 15.8 Å². The minimum absolute atomic E-state index is 0.260. The maximum atomic E-state index is 5.91. The van der Waals surface area contributed by atoms with Crippen molar-refractivity contribution >= 4 is 5.69 Å². The molecule has 2 aromatic carbocycles. The summed E-state index contributed by atoms with van der Waals surface area (Å²) < 4.78 is 5.75. The van der Waals surface area contributed by atoms with E-state index in [9.17, 15) is 0 Å². The van der Waals surface area contributed by atoms with Crippen LogP contribution in [0.15, 0.2) is 48.5 Å². The van der Waals surface area contributed by atoms with Crippen molar-refractivity contribution in [1.82, 2.24) is 5.32 Å². The maximum Gasteiger partial charge on any atom is 0.119 e. The zero-order valence-corrected chi connectivity index (χ0v) is 12.1. The van der Waals surface area contributed by atoms with Crippen LogP contribution in [0.1, 0.15) is 18.1 Å². The van der Waals surface area contributed by atoms with Crippen LogP contribution < -0.4 is 15.8 Å². The van der Waals surface area contributed by atoms with Crippen LogP contribution in [-0.4, -0.2) is 12.6 Å². The second-order valence-electron chi connectivity index (χ2n) is 5.10. The maximum absolute atomic E-state index is 5.91. The van der Waals surface area contributed by atoms with Crippen molar-refractivity contribution in [1.29, 1.82) is 0 Å². The Hall–Kier alpha value is -2.00. The monoisotopic (exact) mass is 270 g/mol. The lowest BCUT2D eigenvalue weighted by atomic mass is 10.2. The first-order chi connectivity index (χ1) is 9.65. The van der Waals surface area contributed by atoms with Crippen molar-refractivity contribution in [2.24, 2.45) is 0 Å². The van der Waals surface area contributed by atoms with Crippen molar-refractivity contribution < 1.29 is 4.74 Å². The Kier molecular flexibility index (Phi) is 5.02. The number of rotatable bonds is 6. The molecule has 2 rings (SSSR count). The van der Waals surface area contributed by atoms with Crippen LogP contribution in [-0.2, 0) is 6.54 Å². The lowest BCUT2D eigenvalue weighted by Gasteiger charge is -2.16. The number of ether oxygens (including phenoxy) is 1. The van der Waals surface area contributed by atoms with E-state index in [1.54, 1.807) is 0 Å². The number of nitrogens with one attached hydrogen (secondary N) is 1. The van der Waals surface area contributed by atoms with Gasteiger partial charge in [-0.3, -0.25) is 0 Å². The van der Waals surface area contributed by atoms with Crippen LogP contribution >= 0.6 is 0 Å². The highest BCUT2D eigenvalue weighted by atomic mass is 16.5. The number of nitrogen functional groups attached to an aromatic ring is 1. The third kappa shape index (κ3) is 4.28. The second-order valence-corrected chi connectivity index (χ2v) is 5.10. The summed E-state index contributed by atoms with van der Waals surface area (Å²) in [7, 11) is 0. The first-order valence-electron chi connectivity index (χ1n) is 6.91. The number of hydrogen-bond acceptors (Lipinski definition) is 3. The molecular weight excluding hydrogens is 248 g/mol. The van der Waals surface area contributed by atoms with Crippen LogP contribution in [0.4, 0.5) is 5.69 Å². The molecule has 0 saturated carbocycles. The smallest absolute Gasteiger partial charge is 0.119 e. The summed E-state index contributed by atoms with van der Waals surface area (Å²) >= 11 is 0. The van der Waals surface area contributed by atoms with E-state index < -0.39 is 0 Å². The Balaban J connectivity index is 1.77. The summed E-state index contributed by atoms with van der Waals surface area (Å²) in [6, 6.07) is 16.3. The molecule has 3 nitrogen and oxygen atoms in total. The normalized spacial score (nSPS) is 12.1. The minimum atomic E-state index is 0.260. The van der Waals surface area contributed by atoms with Gasteiger partial charge in [-0.2, -0.15) is 0 Å². The molecule has 0 heterocycles. The summed E-state index contributed by atoms with van der Waals surface area (Å²) in [5.41, 5.74) is 9.10. The zero-order valence-electron chi connectivity index (χ0n) is 12.1. The van der Waals surface area contributed by atoms with Gasteiger partial charge in [0, 0.05) is 18.3 Å². The third-order valence-electron chi connectivity index (χ3n) is 3.22. The molecule has 0 saturated heterocycles. The first kappa shape index (κ1) is 14.4. The standard InChI is InChI=1S/C17H22N2O/c1-13-7-9-16(10-8-13)20-12-14(2)19-11-15-5-3-4-6-17(15)18/h3-10,14,19H,11-12,18H2,1-2H3. The lowest BCUT2D eigenvalue weighted by Crippen LogP contribution is -2.31. The number of hydrogen-bond donors (Lipinski definition) is 2. The Morgan fingerprint density at radius 2 is 1.80 bits per heavy atom. The quantitative estimate of drug-likeness (QED) is 0.793. The average Bonchev–Trinajstić information content (AvgIpc) is 2.46. The topological polar surface area (TPSA) is 47.3 Å². The SMILES string of the molecule is Cc1ccc(OCC(C)NCc2ccccc2N)cc1. The fraction of sp³-hybridized carbons (Fsp3) is 0.294. The highest BCUT2D eigenvalue weighted by Crippen LogP contribution is 2.12. The Morgan fingerprint density at radius 1 is 1.10 bits per heavy atom. The average molecular weight is 270 g/mol. The Labute approximate surface area is 120 Å². The number of aryl methyl sites for hydroxylation is 1. The van der Waals surface area contributed by atoms with E-state index in [0.717, 1.165) is 23.5 Å². The Bertz CT molecular complexity index is 537. The largest absolute Gasteiger partial charge is 0.492 e. The van der Waals surface area contributed by atoms with Crippen LogP contribution in [0.5, 0.6) is 5.75 Å². The molecule has 3 N–H and O–H groups in total. The molecule has 20 heavy (non-hydrogen) atoms. The molecule has 1 atom stereocenters. The van der Waals surface area contributed by atoms with Gasteiger partial charge in [0.15, 0.2) is 0 Å². The molecule has 106 valence electrons. The molecular formula is C17H22N2O. The molecule has 2 aromatic rings. The highest BCUT2D eigenvalue weighted by Gasteiger charge is 2.04. The molecule has 1 unspecified atom stereocenters. The van der Waals surface area contributed by atoms with Crippen LogP contribution in [0.25, 0.3) is 0 Å². The fourth-order valence-corrected chi connectivity index (χ4v) is 1.89. The van der Waals surface area contributed by atoms with Crippen molar-refractivity contribution in [2.45, 2.75) is 26.4 Å².